The third-order valence-electron chi connectivity index (χ3n) is 3.78. The lowest BCUT2D eigenvalue weighted by molar-refractivity contribution is -0.112. The first-order valence-electron chi connectivity index (χ1n) is 8.01. The zero-order valence-corrected chi connectivity index (χ0v) is 14.3. The smallest absolute Gasteiger partial charge is 0.266 e. The van der Waals surface area contributed by atoms with Gasteiger partial charge in [0.15, 0.2) is 0 Å². The molecule has 1 N–H and O–H groups in total. The van der Waals surface area contributed by atoms with Gasteiger partial charge in [-0.05, 0) is 43.3 Å². The highest BCUT2D eigenvalue weighted by molar-refractivity contribution is 6.09. The number of furan rings is 1. The number of hydrogen-bond acceptors (Lipinski definition) is 3. The number of anilines is 1. The van der Waals surface area contributed by atoms with E-state index in [2.05, 4.69) is 5.32 Å². The van der Waals surface area contributed by atoms with Crippen molar-refractivity contribution in [3.8, 4) is 17.4 Å². The Bertz CT molecular complexity index is 1060. The first-order valence-corrected chi connectivity index (χ1v) is 8.01. The number of benzene rings is 2. The number of nitriles is 1. The minimum Gasteiger partial charge on any atom is -0.457 e. The maximum Gasteiger partial charge on any atom is 0.266 e. The van der Waals surface area contributed by atoms with Crippen LogP contribution in [0.4, 0.5) is 14.5 Å². The summed E-state index contributed by atoms with van der Waals surface area (Å²) in [6.07, 6.45) is 1.26. The number of carbonyl (C=O) groups is 1. The van der Waals surface area contributed by atoms with Gasteiger partial charge in [0.05, 0.1) is 5.56 Å². The molecule has 0 aliphatic rings. The summed E-state index contributed by atoms with van der Waals surface area (Å²) >= 11 is 0. The van der Waals surface area contributed by atoms with Gasteiger partial charge in [-0.1, -0.05) is 17.7 Å². The summed E-state index contributed by atoms with van der Waals surface area (Å²) in [5.74, 6) is -1.69. The number of aryl methyl sites for hydroxylation is 1. The van der Waals surface area contributed by atoms with Crippen LogP contribution in [0.1, 0.15) is 11.3 Å². The second-order valence-electron chi connectivity index (χ2n) is 5.82. The minimum absolute atomic E-state index is 0.0821. The molecule has 134 valence electrons. The molecule has 0 bridgehead atoms. The second kappa shape index (κ2) is 7.67. The second-order valence-corrected chi connectivity index (χ2v) is 5.82. The highest BCUT2D eigenvalue weighted by Gasteiger charge is 2.13. The van der Waals surface area contributed by atoms with Gasteiger partial charge < -0.3 is 9.73 Å². The Morgan fingerprint density at radius 3 is 2.52 bits per heavy atom. The van der Waals surface area contributed by atoms with Gasteiger partial charge in [-0.15, -0.1) is 0 Å². The molecule has 0 unspecified atom stereocenters. The molecule has 3 rings (SSSR count). The zero-order valence-electron chi connectivity index (χ0n) is 14.3. The Morgan fingerprint density at radius 2 is 1.85 bits per heavy atom. The molecule has 0 saturated carbocycles. The average molecular weight is 364 g/mol. The van der Waals surface area contributed by atoms with E-state index in [1.165, 1.54) is 24.3 Å². The third-order valence-corrected chi connectivity index (χ3v) is 3.78. The van der Waals surface area contributed by atoms with Crippen molar-refractivity contribution in [3.05, 3.63) is 83.1 Å². The third kappa shape index (κ3) is 4.28. The van der Waals surface area contributed by atoms with Gasteiger partial charge in [0.2, 0.25) is 0 Å². The van der Waals surface area contributed by atoms with Crippen molar-refractivity contribution in [1.82, 2.24) is 0 Å². The van der Waals surface area contributed by atoms with Crippen molar-refractivity contribution in [2.75, 3.05) is 5.32 Å². The fourth-order valence-electron chi connectivity index (χ4n) is 2.39. The van der Waals surface area contributed by atoms with Gasteiger partial charge in [-0.25, -0.2) is 8.78 Å². The van der Waals surface area contributed by atoms with Crippen LogP contribution in [0.15, 0.2) is 64.6 Å². The lowest BCUT2D eigenvalue weighted by Gasteiger charge is -2.04. The molecule has 4 nitrogen and oxygen atoms in total. The SMILES string of the molecule is Cc1ccc(NC(=O)/C(C#N)=C/c2ccc(-c3ccc(F)cc3F)o2)cc1. The maximum absolute atomic E-state index is 13.8. The van der Waals surface area contributed by atoms with E-state index < -0.39 is 17.5 Å². The highest BCUT2D eigenvalue weighted by atomic mass is 19.1. The molecule has 0 saturated heterocycles. The molecule has 1 amide bonds. The Morgan fingerprint density at radius 1 is 1.11 bits per heavy atom. The van der Waals surface area contributed by atoms with Gasteiger partial charge in [0.25, 0.3) is 5.91 Å². The van der Waals surface area contributed by atoms with E-state index in [4.69, 9.17) is 4.42 Å². The van der Waals surface area contributed by atoms with Gasteiger partial charge >= 0.3 is 0 Å². The quantitative estimate of drug-likeness (QED) is 0.519. The van der Waals surface area contributed by atoms with Crippen molar-refractivity contribution in [1.29, 1.82) is 5.26 Å². The van der Waals surface area contributed by atoms with E-state index in [-0.39, 0.29) is 22.7 Å². The first-order chi connectivity index (χ1) is 13.0. The van der Waals surface area contributed by atoms with Crippen LogP contribution < -0.4 is 5.32 Å². The van der Waals surface area contributed by atoms with Crippen molar-refractivity contribution in [2.45, 2.75) is 6.92 Å². The van der Waals surface area contributed by atoms with E-state index in [1.54, 1.807) is 12.1 Å². The molecular weight excluding hydrogens is 350 g/mol. The number of carbonyl (C=O) groups excluding carboxylic acids is 1. The summed E-state index contributed by atoms with van der Waals surface area (Å²) in [7, 11) is 0. The Hall–Kier alpha value is -3.72. The number of rotatable bonds is 4. The highest BCUT2D eigenvalue weighted by Crippen LogP contribution is 2.26. The van der Waals surface area contributed by atoms with Crippen molar-refractivity contribution < 1.29 is 18.0 Å². The molecule has 0 atom stereocenters. The molecule has 2 aromatic carbocycles. The number of nitrogens with one attached hydrogen (secondary N) is 1. The van der Waals surface area contributed by atoms with Crippen LogP contribution >= 0.6 is 0 Å². The van der Waals surface area contributed by atoms with Crippen LogP contribution in [0.25, 0.3) is 17.4 Å². The number of halogens is 2. The molecule has 0 radical (unpaired) electrons. The largest absolute Gasteiger partial charge is 0.457 e. The van der Waals surface area contributed by atoms with E-state index >= 15 is 0 Å². The molecular formula is C21H14F2N2O2. The van der Waals surface area contributed by atoms with E-state index in [0.717, 1.165) is 17.7 Å². The standard InChI is InChI=1S/C21H14F2N2O2/c1-13-2-5-16(6-3-13)25-21(26)14(12-24)10-17-7-9-20(27-17)18-8-4-15(22)11-19(18)23/h2-11H,1H3,(H,25,26)/b14-10+. The van der Waals surface area contributed by atoms with E-state index in [1.807, 2.05) is 25.1 Å². The first kappa shape index (κ1) is 18.1. The van der Waals surface area contributed by atoms with Crippen LogP contribution in [0.5, 0.6) is 0 Å². The van der Waals surface area contributed by atoms with Gasteiger partial charge in [0, 0.05) is 17.8 Å². The normalized spacial score (nSPS) is 11.1. The predicted octanol–water partition coefficient (Wildman–Crippen LogP) is 5.08. The molecule has 1 aromatic heterocycles. The van der Waals surface area contributed by atoms with Crippen molar-refractivity contribution >= 4 is 17.7 Å². The van der Waals surface area contributed by atoms with Crippen LogP contribution in [0.2, 0.25) is 0 Å². The summed E-state index contributed by atoms with van der Waals surface area (Å²) < 4.78 is 32.3. The van der Waals surface area contributed by atoms with Gasteiger partial charge in [0.1, 0.15) is 34.8 Å². The van der Waals surface area contributed by atoms with Crippen LogP contribution in [-0.2, 0) is 4.79 Å². The Kier molecular flexibility index (Phi) is 5.13. The van der Waals surface area contributed by atoms with Crippen LogP contribution in [0.3, 0.4) is 0 Å². The molecule has 3 aromatic rings. The molecule has 1 heterocycles. The van der Waals surface area contributed by atoms with E-state index in [9.17, 15) is 18.8 Å². The summed E-state index contributed by atoms with van der Waals surface area (Å²) in [5, 5.41) is 11.9. The monoisotopic (exact) mass is 364 g/mol. The topological polar surface area (TPSA) is 66.0 Å². The fraction of sp³-hybridized carbons (Fsp3) is 0.0476. The molecule has 27 heavy (non-hydrogen) atoms. The molecule has 0 fully saturated rings. The summed E-state index contributed by atoms with van der Waals surface area (Å²) in [4.78, 5) is 12.3. The Balaban J connectivity index is 1.82. The molecule has 6 heteroatoms. The minimum atomic E-state index is -0.766. The number of nitrogens with zero attached hydrogens (tertiary/aromatic N) is 1. The molecule has 0 aliphatic carbocycles. The van der Waals surface area contributed by atoms with Crippen molar-refractivity contribution in [2.24, 2.45) is 0 Å². The Labute approximate surface area is 154 Å². The predicted molar refractivity (Wildman–Crippen MR) is 97.5 cm³/mol. The van der Waals surface area contributed by atoms with Gasteiger partial charge in [-0.3, -0.25) is 4.79 Å². The molecule has 0 spiro atoms. The number of hydrogen-bond donors (Lipinski definition) is 1. The summed E-state index contributed by atoms with van der Waals surface area (Å²) in [6, 6.07) is 15.0. The lowest BCUT2D eigenvalue weighted by Crippen LogP contribution is -2.13. The van der Waals surface area contributed by atoms with Crippen LogP contribution in [-0.4, -0.2) is 5.91 Å². The fourth-order valence-corrected chi connectivity index (χ4v) is 2.39. The average Bonchev–Trinajstić information content (AvgIpc) is 3.09. The maximum atomic E-state index is 13.8. The lowest BCUT2D eigenvalue weighted by atomic mass is 10.1. The van der Waals surface area contributed by atoms with E-state index in [0.29, 0.717) is 5.69 Å². The summed E-state index contributed by atoms with van der Waals surface area (Å²) in [5.41, 5.74) is 1.51. The zero-order chi connectivity index (χ0) is 19.4. The molecule has 0 aliphatic heterocycles. The van der Waals surface area contributed by atoms with Gasteiger partial charge in [-0.2, -0.15) is 5.26 Å². The summed E-state index contributed by atoms with van der Waals surface area (Å²) in [6.45, 7) is 1.92. The van der Waals surface area contributed by atoms with Crippen LogP contribution in [0, 0.1) is 29.9 Å². The number of amides is 1. The van der Waals surface area contributed by atoms with Crippen molar-refractivity contribution in [3.63, 3.8) is 0 Å².